The van der Waals surface area contributed by atoms with Crippen LogP contribution in [-0.2, 0) is 13.0 Å². The molecule has 0 unspecified atom stereocenters. The van der Waals surface area contributed by atoms with Crippen LogP contribution in [0.25, 0.3) is 0 Å². The Morgan fingerprint density at radius 3 is 2.37 bits per heavy atom. The molecule has 1 aliphatic heterocycles. The first-order valence-corrected chi connectivity index (χ1v) is 6.30. The highest BCUT2D eigenvalue weighted by molar-refractivity contribution is 5.52. The largest absolute Gasteiger partial charge is 0.367 e. The second kappa shape index (κ2) is 4.72. The molecule has 4 nitrogen and oxygen atoms in total. The van der Waals surface area contributed by atoms with Gasteiger partial charge in [-0.1, -0.05) is 24.3 Å². The lowest BCUT2D eigenvalue weighted by atomic mass is 9.99. The summed E-state index contributed by atoms with van der Waals surface area (Å²) in [7, 11) is 0. The Kier molecular flexibility index (Phi) is 2.91. The molecule has 96 valence electrons. The first-order chi connectivity index (χ1) is 9.24. The highest BCUT2D eigenvalue weighted by Gasteiger charge is 2.16. The van der Waals surface area contributed by atoms with Gasteiger partial charge in [0.25, 0.3) is 5.69 Å². The van der Waals surface area contributed by atoms with Crippen LogP contribution < -0.4 is 4.90 Å². The van der Waals surface area contributed by atoms with Gasteiger partial charge in [-0.3, -0.25) is 10.1 Å². The van der Waals surface area contributed by atoms with Crippen LogP contribution in [0.15, 0.2) is 48.5 Å². The maximum Gasteiger partial charge on any atom is 0.269 e. The van der Waals surface area contributed by atoms with Gasteiger partial charge >= 0.3 is 0 Å². The van der Waals surface area contributed by atoms with Crippen LogP contribution in [-0.4, -0.2) is 11.5 Å². The summed E-state index contributed by atoms with van der Waals surface area (Å²) in [4.78, 5) is 12.5. The smallest absolute Gasteiger partial charge is 0.269 e. The normalized spacial score (nSPS) is 14.0. The molecule has 2 aromatic rings. The van der Waals surface area contributed by atoms with E-state index in [4.69, 9.17) is 0 Å². The van der Waals surface area contributed by atoms with E-state index in [1.807, 2.05) is 12.1 Å². The summed E-state index contributed by atoms with van der Waals surface area (Å²) in [5, 5.41) is 10.6. The monoisotopic (exact) mass is 254 g/mol. The van der Waals surface area contributed by atoms with Crippen LogP contribution in [0.4, 0.5) is 11.4 Å². The average molecular weight is 254 g/mol. The molecule has 3 rings (SSSR count). The van der Waals surface area contributed by atoms with Crippen molar-refractivity contribution in [2.75, 3.05) is 11.4 Å². The third-order valence-corrected chi connectivity index (χ3v) is 3.56. The van der Waals surface area contributed by atoms with Gasteiger partial charge in [-0.15, -0.1) is 0 Å². The number of hydrogen-bond acceptors (Lipinski definition) is 3. The van der Waals surface area contributed by atoms with E-state index in [1.54, 1.807) is 12.1 Å². The fourth-order valence-electron chi connectivity index (χ4n) is 2.50. The van der Waals surface area contributed by atoms with Crippen molar-refractivity contribution in [2.45, 2.75) is 13.0 Å². The fourth-order valence-corrected chi connectivity index (χ4v) is 2.50. The van der Waals surface area contributed by atoms with Gasteiger partial charge in [0.1, 0.15) is 0 Å². The molecule has 0 amide bonds. The maximum absolute atomic E-state index is 10.6. The molecule has 0 bridgehead atoms. The number of anilines is 1. The number of hydrogen-bond donors (Lipinski definition) is 0. The Morgan fingerprint density at radius 2 is 1.68 bits per heavy atom. The van der Waals surface area contributed by atoms with Crippen LogP contribution in [0, 0.1) is 10.1 Å². The SMILES string of the molecule is O=[N+]([O-])c1ccc(N2CCc3ccccc3C2)cc1. The number of benzene rings is 2. The van der Waals surface area contributed by atoms with Crippen molar-refractivity contribution in [3.63, 3.8) is 0 Å². The molecule has 0 radical (unpaired) electrons. The number of nitrogens with zero attached hydrogens (tertiary/aromatic N) is 2. The number of nitro groups is 1. The molecule has 0 fully saturated rings. The van der Waals surface area contributed by atoms with Crippen molar-refractivity contribution in [1.29, 1.82) is 0 Å². The Balaban J connectivity index is 1.83. The van der Waals surface area contributed by atoms with Crippen LogP contribution in [0.5, 0.6) is 0 Å². The second-order valence-electron chi connectivity index (χ2n) is 4.71. The Labute approximate surface area is 111 Å². The van der Waals surface area contributed by atoms with Gasteiger partial charge in [-0.2, -0.15) is 0 Å². The zero-order valence-corrected chi connectivity index (χ0v) is 10.5. The van der Waals surface area contributed by atoms with Crippen LogP contribution >= 0.6 is 0 Å². The summed E-state index contributed by atoms with van der Waals surface area (Å²) >= 11 is 0. The molecule has 0 saturated carbocycles. The quantitative estimate of drug-likeness (QED) is 0.611. The molecule has 0 saturated heterocycles. The molecule has 4 heteroatoms. The van der Waals surface area contributed by atoms with Crippen molar-refractivity contribution >= 4 is 11.4 Å². The minimum Gasteiger partial charge on any atom is -0.367 e. The third-order valence-electron chi connectivity index (χ3n) is 3.56. The van der Waals surface area contributed by atoms with E-state index in [2.05, 4.69) is 29.2 Å². The molecule has 0 atom stereocenters. The highest BCUT2D eigenvalue weighted by atomic mass is 16.6. The Bertz CT molecular complexity index is 608. The van der Waals surface area contributed by atoms with Gasteiger partial charge in [-0.05, 0) is 29.7 Å². The molecule has 1 heterocycles. The molecule has 2 aromatic carbocycles. The third kappa shape index (κ3) is 2.29. The van der Waals surface area contributed by atoms with Gasteiger partial charge in [0.2, 0.25) is 0 Å². The fraction of sp³-hybridized carbons (Fsp3) is 0.200. The summed E-state index contributed by atoms with van der Waals surface area (Å²) in [6, 6.07) is 15.2. The predicted molar refractivity (Wildman–Crippen MR) is 74.3 cm³/mol. The predicted octanol–water partition coefficient (Wildman–Crippen LogP) is 3.16. The van der Waals surface area contributed by atoms with Crippen molar-refractivity contribution in [1.82, 2.24) is 0 Å². The van der Waals surface area contributed by atoms with Crippen molar-refractivity contribution in [3.8, 4) is 0 Å². The molecule has 0 spiro atoms. The van der Waals surface area contributed by atoms with Crippen LogP contribution in [0.3, 0.4) is 0 Å². The molecule has 0 N–H and O–H groups in total. The molecule has 0 aliphatic carbocycles. The minimum absolute atomic E-state index is 0.140. The number of non-ortho nitro benzene ring substituents is 1. The lowest BCUT2D eigenvalue weighted by Crippen LogP contribution is -2.30. The van der Waals surface area contributed by atoms with Gasteiger partial charge in [0.05, 0.1) is 4.92 Å². The topological polar surface area (TPSA) is 46.4 Å². The van der Waals surface area contributed by atoms with Crippen molar-refractivity contribution < 1.29 is 4.92 Å². The minimum atomic E-state index is -0.366. The summed E-state index contributed by atoms with van der Waals surface area (Å²) in [6.07, 6.45) is 1.02. The zero-order chi connectivity index (χ0) is 13.2. The van der Waals surface area contributed by atoms with Gasteiger partial charge < -0.3 is 4.90 Å². The van der Waals surface area contributed by atoms with E-state index in [9.17, 15) is 10.1 Å². The summed E-state index contributed by atoms with van der Waals surface area (Å²) in [5.74, 6) is 0. The van der Waals surface area contributed by atoms with E-state index in [0.717, 1.165) is 25.2 Å². The summed E-state index contributed by atoms with van der Waals surface area (Å²) in [6.45, 7) is 1.82. The lowest BCUT2D eigenvalue weighted by Gasteiger charge is -2.30. The van der Waals surface area contributed by atoms with E-state index >= 15 is 0 Å². The van der Waals surface area contributed by atoms with Crippen LogP contribution in [0.2, 0.25) is 0 Å². The van der Waals surface area contributed by atoms with Crippen LogP contribution in [0.1, 0.15) is 11.1 Å². The van der Waals surface area contributed by atoms with Gasteiger partial charge in [0.15, 0.2) is 0 Å². The standard InChI is InChI=1S/C15H14N2O2/c18-17(19)15-7-5-14(6-8-15)16-10-9-12-3-1-2-4-13(12)11-16/h1-8H,9-11H2. The lowest BCUT2D eigenvalue weighted by molar-refractivity contribution is -0.384. The Morgan fingerprint density at radius 1 is 1.00 bits per heavy atom. The number of rotatable bonds is 2. The molecule has 1 aliphatic rings. The van der Waals surface area contributed by atoms with E-state index in [-0.39, 0.29) is 10.6 Å². The van der Waals surface area contributed by atoms with Gasteiger partial charge in [-0.25, -0.2) is 0 Å². The number of fused-ring (bicyclic) bond motifs is 1. The number of nitro benzene ring substituents is 1. The summed E-state index contributed by atoms with van der Waals surface area (Å²) in [5.41, 5.74) is 3.93. The van der Waals surface area contributed by atoms with E-state index < -0.39 is 0 Å². The maximum atomic E-state index is 10.6. The van der Waals surface area contributed by atoms with E-state index in [1.165, 1.54) is 11.1 Å². The zero-order valence-electron chi connectivity index (χ0n) is 10.5. The molecule has 19 heavy (non-hydrogen) atoms. The van der Waals surface area contributed by atoms with Crippen molar-refractivity contribution in [3.05, 3.63) is 69.8 Å². The highest BCUT2D eigenvalue weighted by Crippen LogP contribution is 2.25. The first-order valence-electron chi connectivity index (χ1n) is 6.30. The molecular weight excluding hydrogens is 240 g/mol. The first kappa shape index (κ1) is 11.7. The van der Waals surface area contributed by atoms with E-state index in [0.29, 0.717) is 0 Å². The van der Waals surface area contributed by atoms with Gasteiger partial charge in [0, 0.05) is 30.9 Å². The summed E-state index contributed by atoms with van der Waals surface area (Å²) < 4.78 is 0. The Hall–Kier alpha value is -2.36. The molecule has 0 aromatic heterocycles. The second-order valence-corrected chi connectivity index (χ2v) is 4.71. The molecular formula is C15H14N2O2. The average Bonchev–Trinajstić information content (AvgIpc) is 2.47. The van der Waals surface area contributed by atoms with Crippen molar-refractivity contribution in [2.24, 2.45) is 0 Å².